The van der Waals surface area contributed by atoms with Crippen molar-refractivity contribution in [3.05, 3.63) is 35.4 Å². The van der Waals surface area contributed by atoms with Crippen molar-refractivity contribution in [3.63, 3.8) is 0 Å². The maximum atomic E-state index is 12.7. The Morgan fingerprint density at radius 2 is 1.93 bits per heavy atom. The number of hydrogen-bond acceptors (Lipinski definition) is 3. The van der Waals surface area contributed by atoms with Gasteiger partial charge in [-0.2, -0.15) is 5.26 Å². The number of hydrogen-bond donors (Lipinski definition) is 1. The summed E-state index contributed by atoms with van der Waals surface area (Å²) < 4.78 is 12.7. The molecular formula is C11H13FO3. The van der Waals surface area contributed by atoms with Gasteiger partial charge in [-0.25, -0.2) is 4.79 Å². The molecule has 0 spiro atoms. The summed E-state index contributed by atoms with van der Waals surface area (Å²) in [6.07, 6.45) is 0. The Hall–Kier alpha value is -1.42. The maximum Gasteiger partial charge on any atom is 0.372 e. The van der Waals surface area contributed by atoms with Crippen molar-refractivity contribution < 1.29 is 19.3 Å². The fourth-order valence-electron chi connectivity index (χ4n) is 1.19. The van der Waals surface area contributed by atoms with Gasteiger partial charge in [0.05, 0.1) is 12.2 Å². The molecule has 0 aliphatic rings. The van der Waals surface area contributed by atoms with Gasteiger partial charge >= 0.3 is 5.97 Å². The number of alkyl halides is 1. The van der Waals surface area contributed by atoms with Crippen LogP contribution in [0, 0.1) is 0 Å². The lowest BCUT2D eigenvalue weighted by molar-refractivity contribution is -0.182. The van der Waals surface area contributed by atoms with Crippen LogP contribution < -0.4 is 0 Å². The first-order valence-electron chi connectivity index (χ1n) is 4.53. The molecule has 3 nitrogen and oxygen atoms in total. The summed E-state index contributed by atoms with van der Waals surface area (Å²) in [5, 5.41) is 8.15. The van der Waals surface area contributed by atoms with Crippen LogP contribution in [0.1, 0.15) is 29.8 Å². The molecule has 0 fully saturated rings. The molecule has 1 rings (SSSR count). The zero-order valence-corrected chi connectivity index (χ0v) is 8.66. The molecule has 1 aromatic carbocycles. The number of carbonyl (C=O) groups is 1. The minimum absolute atomic E-state index is 0.232. The third-order valence-corrected chi connectivity index (χ3v) is 2.32. The third-order valence-electron chi connectivity index (χ3n) is 2.32. The number of benzene rings is 1. The van der Waals surface area contributed by atoms with Crippen molar-refractivity contribution in [2.45, 2.75) is 19.3 Å². The number of carbonyl (C=O) groups excluding carboxylic acids is 1. The highest BCUT2D eigenvalue weighted by atomic mass is 19.1. The van der Waals surface area contributed by atoms with E-state index in [9.17, 15) is 9.18 Å². The van der Waals surface area contributed by atoms with Crippen LogP contribution in [0.25, 0.3) is 0 Å². The summed E-state index contributed by atoms with van der Waals surface area (Å²) in [6.45, 7) is 3.07. The van der Waals surface area contributed by atoms with E-state index in [1.807, 2.05) is 0 Å². The van der Waals surface area contributed by atoms with Gasteiger partial charge < -0.3 is 0 Å². The van der Waals surface area contributed by atoms with Crippen molar-refractivity contribution in [1.29, 1.82) is 0 Å². The number of halogens is 1. The molecule has 0 aromatic heterocycles. The molecule has 82 valence electrons. The van der Waals surface area contributed by atoms with Gasteiger partial charge in [0.1, 0.15) is 0 Å². The number of rotatable bonds is 3. The van der Waals surface area contributed by atoms with Crippen molar-refractivity contribution in [3.8, 4) is 0 Å². The van der Waals surface area contributed by atoms with Gasteiger partial charge in [0.15, 0.2) is 0 Å². The van der Waals surface area contributed by atoms with E-state index in [1.165, 1.54) is 12.1 Å². The van der Waals surface area contributed by atoms with E-state index in [0.717, 1.165) is 5.56 Å². The minimum atomic E-state index is -0.820. The minimum Gasteiger partial charge on any atom is -0.296 e. The smallest absolute Gasteiger partial charge is 0.296 e. The quantitative estimate of drug-likeness (QED) is 0.618. The highest BCUT2D eigenvalue weighted by molar-refractivity contribution is 5.88. The van der Waals surface area contributed by atoms with Crippen molar-refractivity contribution in [2.75, 3.05) is 6.67 Å². The van der Waals surface area contributed by atoms with E-state index in [4.69, 9.17) is 5.26 Å². The summed E-state index contributed by atoms with van der Waals surface area (Å²) in [4.78, 5) is 14.5. The molecule has 0 bridgehead atoms. The van der Waals surface area contributed by atoms with Crippen LogP contribution in [-0.2, 0) is 10.3 Å². The lowest BCUT2D eigenvalue weighted by Gasteiger charge is -2.20. The van der Waals surface area contributed by atoms with Gasteiger partial charge in [0, 0.05) is 5.41 Å². The SMILES string of the molecule is CC(C)(CF)c1ccc(C(=O)OO)cc1. The van der Waals surface area contributed by atoms with Gasteiger partial charge in [-0.05, 0) is 17.7 Å². The Bertz CT molecular complexity index is 343. The molecule has 0 aliphatic carbocycles. The first kappa shape index (κ1) is 11.7. The largest absolute Gasteiger partial charge is 0.372 e. The molecule has 0 saturated heterocycles. The van der Waals surface area contributed by atoms with E-state index >= 15 is 0 Å². The fourth-order valence-corrected chi connectivity index (χ4v) is 1.19. The van der Waals surface area contributed by atoms with Crippen molar-refractivity contribution >= 4 is 5.97 Å². The Morgan fingerprint density at radius 1 is 1.40 bits per heavy atom. The summed E-state index contributed by atoms with van der Waals surface area (Å²) in [5.74, 6) is -0.820. The first-order valence-corrected chi connectivity index (χ1v) is 4.53. The van der Waals surface area contributed by atoms with Crippen LogP contribution in [0.3, 0.4) is 0 Å². The second-order valence-corrected chi connectivity index (χ2v) is 3.97. The van der Waals surface area contributed by atoms with Crippen molar-refractivity contribution in [2.24, 2.45) is 0 Å². The second kappa shape index (κ2) is 4.40. The van der Waals surface area contributed by atoms with Crippen molar-refractivity contribution in [1.82, 2.24) is 0 Å². The molecule has 15 heavy (non-hydrogen) atoms. The lowest BCUT2D eigenvalue weighted by atomic mass is 9.86. The molecule has 0 aliphatic heterocycles. The standard InChI is InChI=1S/C11H13FO3/c1-11(2,7-12)9-5-3-8(4-6-9)10(13)15-14/h3-6,14H,7H2,1-2H3. The molecule has 1 aromatic rings. The van der Waals surface area contributed by atoms with Gasteiger partial charge in [0.25, 0.3) is 0 Å². The fraction of sp³-hybridized carbons (Fsp3) is 0.364. The third kappa shape index (κ3) is 2.53. The topological polar surface area (TPSA) is 46.5 Å². The molecule has 0 unspecified atom stereocenters. The maximum absolute atomic E-state index is 12.7. The molecule has 0 atom stereocenters. The summed E-state index contributed by atoms with van der Waals surface area (Å²) in [7, 11) is 0. The normalized spacial score (nSPS) is 11.2. The second-order valence-electron chi connectivity index (χ2n) is 3.97. The van der Waals surface area contributed by atoms with E-state index in [-0.39, 0.29) is 5.56 Å². The van der Waals surface area contributed by atoms with E-state index in [2.05, 4.69) is 4.89 Å². The van der Waals surface area contributed by atoms with Gasteiger partial charge in [0.2, 0.25) is 0 Å². The summed E-state index contributed by atoms with van der Waals surface area (Å²) >= 11 is 0. The Morgan fingerprint density at radius 3 is 2.33 bits per heavy atom. The lowest BCUT2D eigenvalue weighted by Crippen LogP contribution is -2.19. The van der Waals surface area contributed by atoms with Crippen LogP contribution >= 0.6 is 0 Å². The molecule has 1 N–H and O–H groups in total. The average Bonchev–Trinajstić information content (AvgIpc) is 2.28. The van der Waals surface area contributed by atoms with Crippen LogP contribution in [0.15, 0.2) is 24.3 Å². The molecule has 0 radical (unpaired) electrons. The predicted octanol–water partition coefficient (Wildman–Crippen LogP) is 2.56. The van der Waals surface area contributed by atoms with Gasteiger partial charge in [-0.15, -0.1) is 0 Å². The zero-order valence-electron chi connectivity index (χ0n) is 8.66. The van der Waals surface area contributed by atoms with E-state index in [0.29, 0.717) is 0 Å². The first-order chi connectivity index (χ1) is 7.01. The van der Waals surface area contributed by atoms with Gasteiger partial charge in [-0.1, -0.05) is 26.0 Å². The summed E-state index contributed by atoms with van der Waals surface area (Å²) in [5.41, 5.74) is 0.456. The Labute approximate surface area is 87.4 Å². The highest BCUT2D eigenvalue weighted by Crippen LogP contribution is 2.23. The monoisotopic (exact) mass is 212 g/mol. The van der Waals surface area contributed by atoms with Crippen LogP contribution in [0.5, 0.6) is 0 Å². The zero-order chi connectivity index (χ0) is 11.5. The predicted molar refractivity (Wildman–Crippen MR) is 53.5 cm³/mol. The van der Waals surface area contributed by atoms with Crippen LogP contribution in [0.4, 0.5) is 4.39 Å². The summed E-state index contributed by atoms with van der Waals surface area (Å²) in [6, 6.07) is 6.27. The highest BCUT2D eigenvalue weighted by Gasteiger charge is 2.20. The van der Waals surface area contributed by atoms with Crippen LogP contribution in [0.2, 0.25) is 0 Å². The average molecular weight is 212 g/mol. The Kier molecular flexibility index (Phi) is 3.42. The molecule has 0 saturated carbocycles. The molecule has 0 amide bonds. The molecule has 0 heterocycles. The Balaban J connectivity index is 2.95. The van der Waals surface area contributed by atoms with E-state index < -0.39 is 18.1 Å². The van der Waals surface area contributed by atoms with Gasteiger partial charge in [-0.3, -0.25) is 9.28 Å². The molecular weight excluding hydrogens is 199 g/mol. The van der Waals surface area contributed by atoms with E-state index in [1.54, 1.807) is 26.0 Å². The van der Waals surface area contributed by atoms with Crippen LogP contribution in [-0.4, -0.2) is 17.9 Å². The molecule has 4 heteroatoms.